The average Bonchev–Trinajstić information content (AvgIpc) is 3.20. The van der Waals surface area contributed by atoms with Crippen LogP contribution in [0.1, 0.15) is 21.7 Å². The Kier molecular flexibility index (Phi) is 4.33. The average molecular weight is 327 g/mol. The van der Waals surface area contributed by atoms with Crippen molar-refractivity contribution in [2.24, 2.45) is 0 Å². The van der Waals surface area contributed by atoms with E-state index in [0.29, 0.717) is 17.9 Å². The molecule has 0 atom stereocenters. The fraction of sp³-hybridized carbons (Fsp3) is 0.235. The van der Waals surface area contributed by atoms with Gasteiger partial charge in [0.15, 0.2) is 0 Å². The van der Waals surface area contributed by atoms with E-state index in [1.54, 1.807) is 48.5 Å². The van der Waals surface area contributed by atoms with Gasteiger partial charge in [-0.1, -0.05) is 12.1 Å². The molecule has 2 aromatic rings. The van der Waals surface area contributed by atoms with Crippen LogP contribution in [0.5, 0.6) is 0 Å². The van der Waals surface area contributed by atoms with Crippen molar-refractivity contribution in [1.29, 1.82) is 0 Å². The molecule has 124 valence electrons. The van der Waals surface area contributed by atoms with E-state index in [-0.39, 0.29) is 24.9 Å². The zero-order valence-corrected chi connectivity index (χ0v) is 13.2. The molecular formula is C17H17N3O4. The third-order valence-corrected chi connectivity index (χ3v) is 3.80. The number of urea groups is 1. The molecule has 1 aromatic heterocycles. The molecule has 0 bridgehead atoms. The molecule has 3 rings (SSSR count). The quantitative estimate of drug-likeness (QED) is 0.846. The number of hydrogen-bond donors (Lipinski definition) is 1. The van der Waals surface area contributed by atoms with Gasteiger partial charge in [0.1, 0.15) is 5.76 Å². The Balaban J connectivity index is 1.64. The number of carbonyl (C=O) groups excluding carboxylic acids is 3. The van der Waals surface area contributed by atoms with Gasteiger partial charge in [0.25, 0.3) is 5.91 Å². The topological polar surface area (TPSA) is 82.9 Å². The predicted molar refractivity (Wildman–Crippen MR) is 84.9 cm³/mol. The molecule has 7 nitrogen and oxygen atoms in total. The summed E-state index contributed by atoms with van der Waals surface area (Å²) in [6.07, 6.45) is 1.57. The third-order valence-electron chi connectivity index (χ3n) is 3.80. The fourth-order valence-corrected chi connectivity index (χ4v) is 2.48. The standard InChI is InChI=1S/C17H17N3O4/c1-19(11-14-3-2-8-24-14)16(22)13-6-4-12(5-7-13)10-20-15(21)9-18-17(20)23/h2-8H,9-11H2,1H3,(H,18,23). The molecule has 24 heavy (non-hydrogen) atoms. The minimum Gasteiger partial charge on any atom is -0.467 e. The Labute approximate surface area is 138 Å². The molecule has 0 spiro atoms. The smallest absolute Gasteiger partial charge is 0.324 e. The number of carbonyl (C=O) groups is 3. The highest BCUT2D eigenvalue weighted by molar-refractivity contribution is 6.01. The van der Waals surface area contributed by atoms with Crippen LogP contribution in [0.15, 0.2) is 47.1 Å². The lowest BCUT2D eigenvalue weighted by molar-refractivity contribution is -0.125. The van der Waals surface area contributed by atoms with Crippen LogP contribution in [-0.4, -0.2) is 41.2 Å². The Morgan fingerprint density at radius 1 is 1.25 bits per heavy atom. The van der Waals surface area contributed by atoms with Crippen molar-refractivity contribution in [3.8, 4) is 0 Å². The van der Waals surface area contributed by atoms with Gasteiger partial charge < -0.3 is 14.6 Å². The second kappa shape index (κ2) is 6.57. The van der Waals surface area contributed by atoms with Gasteiger partial charge in [0.05, 0.1) is 25.9 Å². The highest BCUT2D eigenvalue weighted by Crippen LogP contribution is 2.13. The zero-order chi connectivity index (χ0) is 17.1. The fourth-order valence-electron chi connectivity index (χ4n) is 2.48. The summed E-state index contributed by atoms with van der Waals surface area (Å²) in [6.45, 7) is 0.615. The van der Waals surface area contributed by atoms with Crippen LogP contribution in [0.4, 0.5) is 4.79 Å². The van der Waals surface area contributed by atoms with E-state index in [0.717, 1.165) is 10.5 Å². The number of furan rings is 1. The van der Waals surface area contributed by atoms with E-state index >= 15 is 0 Å². The van der Waals surface area contributed by atoms with Gasteiger partial charge in [-0.05, 0) is 29.8 Å². The Morgan fingerprint density at radius 2 is 2.00 bits per heavy atom. The number of rotatable bonds is 5. The number of nitrogens with zero attached hydrogens (tertiary/aromatic N) is 2. The van der Waals surface area contributed by atoms with E-state index in [9.17, 15) is 14.4 Å². The van der Waals surface area contributed by atoms with Gasteiger partial charge in [0, 0.05) is 12.6 Å². The molecular weight excluding hydrogens is 310 g/mol. The molecule has 1 fully saturated rings. The summed E-state index contributed by atoms with van der Waals surface area (Å²) < 4.78 is 5.23. The van der Waals surface area contributed by atoms with E-state index in [4.69, 9.17) is 4.42 Å². The van der Waals surface area contributed by atoms with Gasteiger partial charge in [-0.2, -0.15) is 0 Å². The monoisotopic (exact) mass is 327 g/mol. The number of hydrogen-bond acceptors (Lipinski definition) is 4. The van der Waals surface area contributed by atoms with Crippen LogP contribution >= 0.6 is 0 Å². The Bertz CT molecular complexity index is 737. The summed E-state index contributed by atoms with van der Waals surface area (Å²) in [5.41, 5.74) is 1.32. The van der Waals surface area contributed by atoms with Crippen molar-refractivity contribution >= 4 is 17.8 Å². The van der Waals surface area contributed by atoms with Crippen LogP contribution in [0, 0.1) is 0 Å². The van der Waals surface area contributed by atoms with Crippen molar-refractivity contribution in [3.05, 3.63) is 59.5 Å². The molecule has 0 saturated carbocycles. The molecule has 1 saturated heterocycles. The second-order valence-electron chi connectivity index (χ2n) is 5.58. The molecule has 1 aromatic carbocycles. The lowest BCUT2D eigenvalue weighted by atomic mass is 10.1. The first-order chi connectivity index (χ1) is 11.5. The Morgan fingerprint density at radius 3 is 2.58 bits per heavy atom. The number of imide groups is 1. The van der Waals surface area contributed by atoms with Crippen LogP contribution in [-0.2, 0) is 17.9 Å². The summed E-state index contributed by atoms with van der Waals surface area (Å²) in [6, 6.07) is 10.1. The molecule has 0 unspecified atom stereocenters. The first kappa shape index (κ1) is 15.8. The molecule has 2 heterocycles. The van der Waals surface area contributed by atoms with E-state index in [1.807, 2.05) is 6.07 Å². The highest BCUT2D eigenvalue weighted by Gasteiger charge is 2.28. The minimum absolute atomic E-state index is 0.0347. The Hall–Kier alpha value is -3.09. The summed E-state index contributed by atoms with van der Waals surface area (Å²) >= 11 is 0. The van der Waals surface area contributed by atoms with E-state index in [1.165, 1.54) is 0 Å². The highest BCUT2D eigenvalue weighted by atomic mass is 16.3. The minimum atomic E-state index is -0.390. The third kappa shape index (κ3) is 3.29. The van der Waals surface area contributed by atoms with Gasteiger partial charge in [-0.15, -0.1) is 0 Å². The van der Waals surface area contributed by atoms with Crippen molar-refractivity contribution in [2.75, 3.05) is 13.6 Å². The molecule has 4 amide bonds. The maximum atomic E-state index is 12.4. The normalized spacial score (nSPS) is 14.0. The number of nitrogens with one attached hydrogen (secondary N) is 1. The van der Waals surface area contributed by atoms with Gasteiger partial charge in [-0.25, -0.2) is 4.79 Å². The van der Waals surface area contributed by atoms with Crippen LogP contribution in [0.2, 0.25) is 0 Å². The number of amides is 4. The largest absolute Gasteiger partial charge is 0.467 e. The van der Waals surface area contributed by atoms with Crippen molar-refractivity contribution in [3.63, 3.8) is 0 Å². The molecule has 7 heteroatoms. The predicted octanol–water partition coefficient (Wildman–Crippen LogP) is 1.60. The molecule has 1 N–H and O–H groups in total. The second-order valence-corrected chi connectivity index (χ2v) is 5.58. The maximum absolute atomic E-state index is 12.4. The molecule has 1 aliphatic rings. The summed E-state index contributed by atoms with van der Waals surface area (Å²) in [4.78, 5) is 38.2. The van der Waals surface area contributed by atoms with Gasteiger partial charge in [-0.3, -0.25) is 14.5 Å². The molecule has 0 aliphatic carbocycles. The first-order valence-electron chi connectivity index (χ1n) is 7.49. The first-order valence-corrected chi connectivity index (χ1v) is 7.49. The van der Waals surface area contributed by atoms with Crippen LogP contribution < -0.4 is 5.32 Å². The van der Waals surface area contributed by atoms with Crippen molar-refractivity contribution < 1.29 is 18.8 Å². The van der Waals surface area contributed by atoms with Gasteiger partial charge >= 0.3 is 6.03 Å². The molecule has 0 radical (unpaired) electrons. The SMILES string of the molecule is CN(Cc1ccco1)C(=O)c1ccc(CN2C(=O)CNC2=O)cc1. The van der Waals surface area contributed by atoms with Crippen molar-refractivity contribution in [1.82, 2.24) is 15.1 Å². The maximum Gasteiger partial charge on any atom is 0.324 e. The number of benzene rings is 1. The van der Waals surface area contributed by atoms with E-state index in [2.05, 4.69) is 5.32 Å². The summed E-state index contributed by atoms with van der Waals surface area (Å²) in [7, 11) is 1.70. The summed E-state index contributed by atoms with van der Waals surface area (Å²) in [5.74, 6) is 0.326. The van der Waals surface area contributed by atoms with E-state index < -0.39 is 6.03 Å². The summed E-state index contributed by atoms with van der Waals surface area (Å²) in [5, 5.41) is 2.47. The molecule has 1 aliphatic heterocycles. The van der Waals surface area contributed by atoms with Gasteiger partial charge in [0.2, 0.25) is 5.91 Å². The zero-order valence-electron chi connectivity index (χ0n) is 13.2. The lowest BCUT2D eigenvalue weighted by Crippen LogP contribution is -2.30. The lowest BCUT2D eigenvalue weighted by Gasteiger charge is -2.16. The van der Waals surface area contributed by atoms with Crippen molar-refractivity contribution in [2.45, 2.75) is 13.1 Å². The van der Waals surface area contributed by atoms with Crippen LogP contribution in [0.3, 0.4) is 0 Å². The van der Waals surface area contributed by atoms with Crippen LogP contribution in [0.25, 0.3) is 0 Å².